The molecule has 1 atom stereocenters. The maximum Gasteiger partial charge on any atom is 0.430 e. The highest BCUT2D eigenvalue weighted by Gasteiger charge is 2.44. The van der Waals surface area contributed by atoms with Crippen LogP contribution in [-0.4, -0.2) is 65.8 Å². The minimum atomic E-state index is -5.19. The molecule has 3 aromatic carbocycles. The highest BCUT2D eigenvalue weighted by molar-refractivity contribution is 6.30. The fourth-order valence-corrected chi connectivity index (χ4v) is 8.05. The summed E-state index contributed by atoms with van der Waals surface area (Å²) < 4.78 is 45.1. The summed E-state index contributed by atoms with van der Waals surface area (Å²) in [7, 11) is 0. The van der Waals surface area contributed by atoms with E-state index in [0.717, 1.165) is 64.8 Å². The smallest absolute Gasteiger partial charge is 0.430 e. The number of ether oxygens (including phenoxy) is 2. The molecule has 1 N–H and O–H groups in total. The van der Waals surface area contributed by atoms with Crippen molar-refractivity contribution in [3.63, 3.8) is 0 Å². The number of para-hydroxylation sites is 2. The summed E-state index contributed by atoms with van der Waals surface area (Å²) >= 11 is 7.19. The highest BCUT2D eigenvalue weighted by atomic mass is 35.5. The van der Waals surface area contributed by atoms with Crippen LogP contribution in [0.15, 0.2) is 113 Å². The Hall–Kier alpha value is -5.42. The number of carboxylic acid groups (broad SMARTS) is 2. The Bertz CT molecular complexity index is 2240. The lowest BCUT2D eigenvalue weighted by Crippen LogP contribution is -2.37. The van der Waals surface area contributed by atoms with Crippen LogP contribution in [-0.2, 0) is 25.2 Å². The molecule has 6 rings (SSSR count). The van der Waals surface area contributed by atoms with Crippen molar-refractivity contribution >= 4 is 46.6 Å². The number of benzene rings is 3. The van der Waals surface area contributed by atoms with E-state index in [1.165, 1.54) is 5.56 Å². The molecule has 2 aliphatic heterocycles. The Balaban J connectivity index is 0.000000867. The van der Waals surface area contributed by atoms with Gasteiger partial charge in [0.1, 0.15) is 18.3 Å². The summed E-state index contributed by atoms with van der Waals surface area (Å²) in [6.07, 6.45) is 4.30. The number of allylic oxidation sites excluding steroid dienone is 5. The highest BCUT2D eigenvalue weighted by Crippen LogP contribution is 2.47. The van der Waals surface area contributed by atoms with Gasteiger partial charge < -0.3 is 29.4 Å². The van der Waals surface area contributed by atoms with Gasteiger partial charge in [0.2, 0.25) is 5.69 Å². The molecule has 9 nitrogen and oxygen atoms in total. The van der Waals surface area contributed by atoms with Crippen molar-refractivity contribution in [2.75, 3.05) is 31.2 Å². The maximum absolute atomic E-state index is 12.3. The zero-order valence-corrected chi connectivity index (χ0v) is 34.5. The number of hydrogen-bond donors (Lipinski definition) is 1. The average Bonchev–Trinajstić information content (AvgIpc) is 3.54. The lowest BCUT2D eigenvalue weighted by Gasteiger charge is -2.26. The molecular formula is C46H48ClF3N2O7. The van der Waals surface area contributed by atoms with Gasteiger partial charge in [-0.05, 0) is 101 Å². The van der Waals surface area contributed by atoms with Crippen LogP contribution in [0.25, 0.3) is 0 Å². The van der Waals surface area contributed by atoms with Crippen LogP contribution in [0.5, 0.6) is 5.75 Å². The molecule has 3 aliphatic rings. The second-order valence-electron chi connectivity index (χ2n) is 15.4. The van der Waals surface area contributed by atoms with Gasteiger partial charge in [-0.3, -0.25) is 4.79 Å². The van der Waals surface area contributed by atoms with Crippen molar-refractivity contribution in [2.45, 2.75) is 77.3 Å². The number of aromatic carboxylic acids is 1. The molecule has 0 amide bonds. The number of esters is 1. The van der Waals surface area contributed by atoms with E-state index in [9.17, 15) is 27.9 Å². The molecule has 0 saturated carbocycles. The Morgan fingerprint density at radius 1 is 0.983 bits per heavy atom. The van der Waals surface area contributed by atoms with Gasteiger partial charge in [-0.15, -0.1) is 5.73 Å². The first-order valence-corrected chi connectivity index (χ1v) is 19.8. The predicted octanol–water partition coefficient (Wildman–Crippen LogP) is 8.78. The Morgan fingerprint density at radius 3 is 2.32 bits per heavy atom. The molecule has 13 heteroatoms. The number of carbonyl (C=O) groups is 3. The van der Waals surface area contributed by atoms with Gasteiger partial charge in [-0.1, -0.05) is 54.1 Å². The number of anilines is 1. The summed E-state index contributed by atoms with van der Waals surface area (Å²) in [6.45, 7) is 13.0. The van der Waals surface area contributed by atoms with E-state index >= 15 is 0 Å². The molecule has 0 spiro atoms. The molecule has 0 radical (unpaired) electrons. The molecule has 0 bridgehead atoms. The van der Waals surface area contributed by atoms with E-state index in [4.69, 9.17) is 31.0 Å². The Morgan fingerprint density at radius 2 is 1.66 bits per heavy atom. The van der Waals surface area contributed by atoms with Gasteiger partial charge in [0, 0.05) is 46.3 Å². The third kappa shape index (κ3) is 10.2. The third-order valence-corrected chi connectivity index (χ3v) is 11.3. The molecule has 312 valence electrons. The number of rotatable bonds is 12. The van der Waals surface area contributed by atoms with Gasteiger partial charge in [-0.2, -0.15) is 17.7 Å². The van der Waals surface area contributed by atoms with E-state index < -0.39 is 18.1 Å². The first-order valence-electron chi connectivity index (χ1n) is 19.4. The number of fused-ring (bicyclic) bond motifs is 2. The number of carboxylic acids is 2. The molecule has 59 heavy (non-hydrogen) atoms. The normalized spacial score (nSPS) is 17.9. The molecule has 1 unspecified atom stereocenters. The number of hydrogen-bond acceptors (Lipinski definition) is 7. The number of aliphatic carboxylic acids is 1. The number of halogens is 4. The van der Waals surface area contributed by atoms with Crippen molar-refractivity contribution in [2.24, 2.45) is 5.92 Å². The predicted molar refractivity (Wildman–Crippen MR) is 218 cm³/mol. The monoisotopic (exact) mass is 832 g/mol. The minimum Gasteiger partial charge on any atom is -0.542 e. The van der Waals surface area contributed by atoms with E-state index in [2.05, 4.69) is 92.3 Å². The standard InChI is InChI=1S/C44H47ClN2O5.C2HF3O2/c1-6-46-37-22-19-32(42(49)50)29-35(37)44(4,5)38(46)23-20-30-13-12-14-31(41(30)45)21-24-39-43(2,3)34-17-10-11-18-36(34)47(39)26-28-51-27-25-40(48)52-33-15-8-7-9-16-33;3-2(4,5)1(6)7/h7-11,15-23,29,31H,6,12-14,25-28H2,1-5H3;(H,6,7)/b23-20+;. The summed E-state index contributed by atoms with van der Waals surface area (Å²) in [5, 5.41) is 19.3. The zero-order chi connectivity index (χ0) is 43.1. The van der Waals surface area contributed by atoms with Gasteiger partial charge >= 0.3 is 18.1 Å². The Labute approximate surface area is 347 Å². The fourth-order valence-electron chi connectivity index (χ4n) is 7.72. The second-order valence-corrected chi connectivity index (χ2v) is 15.8. The van der Waals surface area contributed by atoms with Crippen molar-refractivity contribution in [1.29, 1.82) is 0 Å². The summed E-state index contributed by atoms with van der Waals surface area (Å²) in [5.74, 6) is -3.67. The van der Waals surface area contributed by atoms with Crippen molar-refractivity contribution in [1.82, 2.24) is 0 Å². The minimum absolute atomic E-state index is 0.0370. The maximum atomic E-state index is 12.3. The number of alkyl halides is 3. The largest absolute Gasteiger partial charge is 0.542 e. The van der Waals surface area contributed by atoms with Crippen LogP contribution in [0.2, 0.25) is 0 Å². The van der Waals surface area contributed by atoms with Crippen LogP contribution in [0.1, 0.15) is 81.8 Å². The first-order chi connectivity index (χ1) is 27.9. The molecule has 2 heterocycles. The molecule has 0 saturated heterocycles. The molecule has 0 fully saturated rings. The van der Waals surface area contributed by atoms with Gasteiger partial charge in [0.25, 0.3) is 0 Å². The quantitative estimate of drug-likeness (QED) is 0.0633. The topological polar surface area (TPSA) is 119 Å². The zero-order valence-electron chi connectivity index (χ0n) is 33.7. The van der Waals surface area contributed by atoms with Crippen LogP contribution < -0.4 is 14.7 Å². The molecule has 3 aromatic rings. The number of carbonyl (C=O) groups excluding carboxylic acids is 2. The van der Waals surface area contributed by atoms with E-state index in [1.54, 1.807) is 18.2 Å². The van der Waals surface area contributed by atoms with E-state index in [0.29, 0.717) is 24.5 Å². The van der Waals surface area contributed by atoms with Crippen LogP contribution >= 0.6 is 11.6 Å². The van der Waals surface area contributed by atoms with Gasteiger partial charge in [-0.25, -0.2) is 4.79 Å². The average molecular weight is 833 g/mol. The summed E-state index contributed by atoms with van der Waals surface area (Å²) in [6, 6.07) is 22.9. The molecule has 1 aliphatic carbocycles. The SMILES string of the molecule is CC[N+]1=C(/C=C/C2=C(Cl)C(C=C=C3N(CCOCCC(=O)Oc4ccccc4)c4ccccc4C3(C)C)CCC2)C(C)(C)c2cc(C(=O)O)ccc21.O=C([O-])C(F)(F)F. The van der Waals surface area contributed by atoms with Crippen LogP contribution in [0.3, 0.4) is 0 Å². The third-order valence-electron chi connectivity index (χ3n) is 10.8. The molecular weight excluding hydrogens is 785 g/mol. The van der Waals surface area contributed by atoms with Crippen molar-refractivity contribution in [3.8, 4) is 5.75 Å². The van der Waals surface area contributed by atoms with Crippen LogP contribution in [0.4, 0.5) is 24.5 Å². The van der Waals surface area contributed by atoms with Crippen molar-refractivity contribution in [3.05, 3.63) is 130 Å². The summed E-state index contributed by atoms with van der Waals surface area (Å²) in [5.41, 5.74) is 11.1. The number of nitrogens with zero attached hydrogens (tertiary/aromatic N) is 2. The lowest BCUT2D eigenvalue weighted by molar-refractivity contribution is -0.433. The van der Waals surface area contributed by atoms with Gasteiger partial charge in [0.05, 0.1) is 36.3 Å². The second kappa shape index (κ2) is 18.7. The van der Waals surface area contributed by atoms with E-state index in [1.807, 2.05) is 30.3 Å². The first kappa shape index (κ1) is 44.7. The van der Waals surface area contributed by atoms with Crippen molar-refractivity contribution < 1.29 is 51.8 Å². The lowest BCUT2D eigenvalue weighted by atomic mass is 9.80. The van der Waals surface area contributed by atoms with Gasteiger partial charge in [0.15, 0.2) is 5.71 Å². The summed E-state index contributed by atoms with van der Waals surface area (Å²) in [4.78, 5) is 35.1. The fraction of sp³-hybridized carbons (Fsp3) is 0.370. The Kier molecular flexibility index (Phi) is 14.1. The van der Waals surface area contributed by atoms with Crippen LogP contribution in [0, 0.1) is 5.92 Å². The van der Waals surface area contributed by atoms with E-state index in [-0.39, 0.29) is 35.7 Å². The molecule has 0 aromatic heterocycles.